The quantitative estimate of drug-likeness (QED) is 0.640. The topological polar surface area (TPSA) is 50.9 Å². The maximum Gasteiger partial charge on any atom is 0.280 e. The Hall–Kier alpha value is -1.46. The molecule has 1 aromatic carbocycles. The smallest absolute Gasteiger partial charge is 0.280 e. The van der Waals surface area contributed by atoms with Gasteiger partial charge in [0.1, 0.15) is 5.69 Å². The van der Waals surface area contributed by atoms with Crippen molar-refractivity contribution in [3.63, 3.8) is 0 Å². The van der Waals surface area contributed by atoms with Gasteiger partial charge in [0.05, 0.1) is 16.2 Å². The highest BCUT2D eigenvalue weighted by Crippen LogP contribution is 2.32. The molecule has 0 fully saturated rings. The average Bonchev–Trinajstić information content (AvgIpc) is 2.27. The van der Waals surface area contributed by atoms with Crippen LogP contribution >= 0.6 is 11.6 Å². The first-order valence-electron chi connectivity index (χ1n) is 4.88. The lowest BCUT2D eigenvalue weighted by molar-refractivity contribution is 0.146. The summed E-state index contributed by atoms with van der Waals surface area (Å²) in [4.78, 5) is 3.85. The Labute approximate surface area is 102 Å². The zero-order valence-electron chi connectivity index (χ0n) is 8.97. The van der Waals surface area contributed by atoms with Gasteiger partial charge >= 0.3 is 0 Å². The fraction of sp³-hybridized carbons (Fsp3) is 0.182. The number of anilines is 1. The van der Waals surface area contributed by atoms with Crippen LogP contribution in [0.4, 0.5) is 14.5 Å². The number of benzene rings is 1. The molecule has 0 aliphatic heterocycles. The molecule has 3 N–H and O–H groups in total. The van der Waals surface area contributed by atoms with Crippen molar-refractivity contribution in [1.29, 1.82) is 0 Å². The summed E-state index contributed by atoms with van der Waals surface area (Å²) in [5.74, 6) is 5.32. The summed E-state index contributed by atoms with van der Waals surface area (Å²) in [6, 6.07) is 4.69. The van der Waals surface area contributed by atoms with E-state index in [0.717, 1.165) is 5.56 Å². The van der Waals surface area contributed by atoms with Gasteiger partial charge in [-0.1, -0.05) is 11.6 Å². The van der Waals surface area contributed by atoms with Crippen LogP contribution in [0.25, 0.3) is 10.9 Å². The molecule has 1 heterocycles. The molecular formula is C11H10ClF2N3. The normalized spacial score (nSPS) is 11.2. The van der Waals surface area contributed by atoms with Crippen LogP contribution in [0.3, 0.4) is 0 Å². The number of nitrogen functional groups attached to an aromatic ring is 1. The molecule has 17 heavy (non-hydrogen) atoms. The molecule has 6 heteroatoms. The molecule has 0 radical (unpaired) electrons. The highest BCUT2D eigenvalue weighted by molar-refractivity contribution is 6.35. The van der Waals surface area contributed by atoms with Crippen LogP contribution < -0.4 is 11.3 Å². The Morgan fingerprint density at radius 2 is 2.06 bits per heavy atom. The van der Waals surface area contributed by atoms with Crippen LogP contribution in [0.15, 0.2) is 18.2 Å². The predicted octanol–water partition coefficient (Wildman–Crippen LogP) is 3.42. The van der Waals surface area contributed by atoms with E-state index in [1.807, 2.05) is 6.92 Å². The maximum absolute atomic E-state index is 12.6. The largest absolute Gasteiger partial charge is 0.323 e. The standard InChI is InChI=1S/C11H10ClF2N3/c1-5-2-6-8(17-15)4-9(11(13)14)16-10(6)7(12)3-5/h2-4,11H,15H2,1H3,(H,16,17). The first kappa shape index (κ1) is 12.0. The molecule has 2 aromatic rings. The molecule has 0 atom stereocenters. The van der Waals surface area contributed by atoms with Crippen LogP contribution in [0, 0.1) is 6.92 Å². The number of aryl methyl sites for hydroxylation is 1. The Balaban J connectivity index is 2.82. The molecule has 0 saturated heterocycles. The SMILES string of the molecule is Cc1cc(Cl)c2nc(C(F)F)cc(NN)c2c1. The summed E-state index contributed by atoms with van der Waals surface area (Å²) in [7, 11) is 0. The Kier molecular flexibility index (Phi) is 3.13. The lowest BCUT2D eigenvalue weighted by Crippen LogP contribution is -2.08. The summed E-state index contributed by atoms with van der Waals surface area (Å²) < 4.78 is 25.3. The van der Waals surface area contributed by atoms with Gasteiger partial charge in [0.15, 0.2) is 0 Å². The number of fused-ring (bicyclic) bond motifs is 1. The van der Waals surface area contributed by atoms with Gasteiger partial charge in [-0.25, -0.2) is 13.8 Å². The monoisotopic (exact) mass is 257 g/mol. The van der Waals surface area contributed by atoms with Crippen molar-refractivity contribution < 1.29 is 8.78 Å². The molecule has 1 aromatic heterocycles. The van der Waals surface area contributed by atoms with Gasteiger partial charge in [0, 0.05) is 5.39 Å². The second-order valence-corrected chi connectivity index (χ2v) is 4.09. The first-order valence-corrected chi connectivity index (χ1v) is 5.26. The molecule has 2 rings (SSSR count). The molecule has 0 aliphatic rings. The van der Waals surface area contributed by atoms with E-state index in [4.69, 9.17) is 17.4 Å². The summed E-state index contributed by atoms with van der Waals surface area (Å²) in [6.07, 6.45) is -2.66. The molecule has 0 aliphatic carbocycles. The number of hydrogen-bond donors (Lipinski definition) is 2. The van der Waals surface area contributed by atoms with Gasteiger partial charge in [0.25, 0.3) is 6.43 Å². The minimum atomic E-state index is -2.66. The highest BCUT2D eigenvalue weighted by atomic mass is 35.5. The number of aromatic nitrogens is 1. The lowest BCUT2D eigenvalue weighted by atomic mass is 10.1. The number of hydrazine groups is 1. The zero-order valence-corrected chi connectivity index (χ0v) is 9.72. The van der Waals surface area contributed by atoms with E-state index < -0.39 is 6.43 Å². The molecule has 0 spiro atoms. The third-order valence-corrected chi connectivity index (χ3v) is 2.70. The van der Waals surface area contributed by atoms with Crippen molar-refractivity contribution in [2.75, 3.05) is 5.43 Å². The van der Waals surface area contributed by atoms with Gasteiger partial charge < -0.3 is 5.43 Å². The third-order valence-electron chi connectivity index (χ3n) is 2.41. The zero-order chi connectivity index (χ0) is 12.6. The van der Waals surface area contributed by atoms with E-state index in [9.17, 15) is 8.78 Å². The van der Waals surface area contributed by atoms with Crippen molar-refractivity contribution in [3.05, 3.63) is 34.5 Å². The number of nitrogens with one attached hydrogen (secondary N) is 1. The molecule has 3 nitrogen and oxygen atoms in total. The van der Waals surface area contributed by atoms with Crippen molar-refractivity contribution in [2.24, 2.45) is 5.84 Å². The second kappa shape index (κ2) is 4.43. The molecule has 0 amide bonds. The van der Waals surface area contributed by atoms with Gasteiger partial charge in [-0.3, -0.25) is 5.84 Å². The van der Waals surface area contributed by atoms with E-state index in [0.29, 0.717) is 21.6 Å². The Morgan fingerprint density at radius 3 is 2.65 bits per heavy atom. The molecule has 0 bridgehead atoms. The van der Waals surface area contributed by atoms with Gasteiger partial charge in [-0.15, -0.1) is 0 Å². The summed E-state index contributed by atoms with van der Waals surface area (Å²) in [6.45, 7) is 1.85. The van der Waals surface area contributed by atoms with E-state index in [-0.39, 0.29) is 5.69 Å². The highest BCUT2D eigenvalue weighted by Gasteiger charge is 2.14. The van der Waals surface area contributed by atoms with E-state index in [1.54, 1.807) is 12.1 Å². The third kappa shape index (κ3) is 2.16. The van der Waals surface area contributed by atoms with E-state index in [1.165, 1.54) is 6.07 Å². The van der Waals surface area contributed by atoms with Crippen molar-refractivity contribution in [2.45, 2.75) is 13.3 Å². The minimum Gasteiger partial charge on any atom is -0.323 e. The van der Waals surface area contributed by atoms with E-state index in [2.05, 4.69) is 10.4 Å². The van der Waals surface area contributed by atoms with Gasteiger partial charge in [0.2, 0.25) is 0 Å². The first-order chi connectivity index (χ1) is 8.02. The number of alkyl halides is 2. The van der Waals surface area contributed by atoms with Crippen molar-refractivity contribution >= 4 is 28.2 Å². The maximum atomic E-state index is 12.6. The van der Waals surface area contributed by atoms with Crippen LogP contribution in [0.5, 0.6) is 0 Å². The number of nitrogens with two attached hydrogens (primary N) is 1. The Bertz CT molecular complexity index is 572. The number of halogens is 3. The lowest BCUT2D eigenvalue weighted by Gasteiger charge is -2.10. The second-order valence-electron chi connectivity index (χ2n) is 3.68. The molecule has 0 saturated carbocycles. The van der Waals surface area contributed by atoms with Crippen molar-refractivity contribution in [3.8, 4) is 0 Å². The van der Waals surface area contributed by atoms with Gasteiger partial charge in [-0.2, -0.15) is 0 Å². The van der Waals surface area contributed by atoms with Gasteiger partial charge in [-0.05, 0) is 30.7 Å². The van der Waals surface area contributed by atoms with Crippen molar-refractivity contribution in [1.82, 2.24) is 4.98 Å². The molecule has 90 valence electrons. The predicted molar refractivity (Wildman–Crippen MR) is 64.3 cm³/mol. The van der Waals surface area contributed by atoms with Crippen LogP contribution in [-0.4, -0.2) is 4.98 Å². The summed E-state index contributed by atoms with van der Waals surface area (Å²) >= 11 is 5.99. The fourth-order valence-corrected chi connectivity index (χ4v) is 1.99. The molecule has 0 unspecified atom stereocenters. The van der Waals surface area contributed by atoms with Crippen LogP contribution in [0.1, 0.15) is 17.7 Å². The number of nitrogens with zero attached hydrogens (tertiary/aromatic N) is 1. The number of hydrogen-bond acceptors (Lipinski definition) is 3. The Morgan fingerprint density at radius 1 is 1.35 bits per heavy atom. The number of rotatable bonds is 2. The summed E-state index contributed by atoms with van der Waals surface area (Å²) in [5.41, 5.74) is 3.65. The fourth-order valence-electron chi connectivity index (χ4n) is 1.67. The van der Waals surface area contributed by atoms with Crippen LogP contribution in [0.2, 0.25) is 5.02 Å². The molecular weight excluding hydrogens is 248 g/mol. The summed E-state index contributed by atoms with van der Waals surface area (Å²) in [5, 5.41) is 0.959. The average molecular weight is 258 g/mol. The number of pyridine rings is 1. The van der Waals surface area contributed by atoms with Crippen LogP contribution in [-0.2, 0) is 0 Å². The minimum absolute atomic E-state index is 0.322. The van der Waals surface area contributed by atoms with E-state index >= 15 is 0 Å².